The molecule has 1 amide bonds. The number of benzene rings is 1. The summed E-state index contributed by atoms with van der Waals surface area (Å²) < 4.78 is 0. The van der Waals surface area contributed by atoms with Crippen molar-refractivity contribution in [2.75, 3.05) is 23.4 Å². The highest BCUT2D eigenvalue weighted by molar-refractivity contribution is 7.17. The molecule has 27 heavy (non-hydrogen) atoms. The van der Waals surface area contributed by atoms with E-state index in [0.717, 1.165) is 30.0 Å². The Morgan fingerprint density at radius 1 is 1.15 bits per heavy atom. The number of rotatable bonds is 2. The van der Waals surface area contributed by atoms with Gasteiger partial charge >= 0.3 is 0 Å². The number of fused-ring (bicyclic) bond motifs is 1. The Labute approximate surface area is 162 Å². The number of aromatic nitrogens is 3. The minimum absolute atomic E-state index is 0.0116. The molecule has 1 aromatic carbocycles. The molecule has 1 aliphatic rings. The second-order valence-electron chi connectivity index (χ2n) is 6.73. The summed E-state index contributed by atoms with van der Waals surface area (Å²) in [6.45, 7) is 4.88. The maximum absolute atomic E-state index is 13.5. The van der Waals surface area contributed by atoms with Crippen molar-refractivity contribution in [3.05, 3.63) is 53.3 Å². The third kappa shape index (κ3) is 3.19. The SMILES string of the molecule is Cc1nc(-c2ncccn2)sc1C(=O)N1c2ccccc2N(C)CC[C@@H]1C. The zero-order valence-corrected chi connectivity index (χ0v) is 16.4. The number of carbonyl (C=O) groups excluding carboxylic acids is 1. The minimum Gasteiger partial charge on any atom is -0.373 e. The van der Waals surface area contributed by atoms with Gasteiger partial charge in [-0.2, -0.15) is 0 Å². The molecule has 1 atom stereocenters. The summed E-state index contributed by atoms with van der Waals surface area (Å²) in [5, 5.41) is 0.671. The van der Waals surface area contributed by atoms with E-state index in [2.05, 4.69) is 39.9 Å². The first-order chi connectivity index (χ1) is 13.1. The van der Waals surface area contributed by atoms with Crippen molar-refractivity contribution >= 4 is 28.6 Å². The molecule has 0 saturated carbocycles. The summed E-state index contributed by atoms with van der Waals surface area (Å²) >= 11 is 1.36. The number of hydrogen-bond acceptors (Lipinski definition) is 6. The Kier molecular flexibility index (Phi) is 4.61. The van der Waals surface area contributed by atoms with Gasteiger partial charge in [-0.25, -0.2) is 15.0 Å². The van der Waals surface area contributed by atoms with Crippen molar-refractivity contribution in [2.45, 2.75) is 26.3 Å². The molecule has 0 unspecified atom stereocenters. The lowest BCUT2D eigenvalue weighted by molar-refractivity contribution is 0.0981. The fourth-order valence-electron chi connectivity index (χ4n) is 3.38. The van der Waals surface area contributed by atoms with Crippen LogP contribution in [0.5, 0.6) is 0 Å². The van der Waals surface area contributed by atoms with Gasteiger partial charge in [-0.3, -0.25) is 4.79 Å². The summed E-state index contributed by atoms with van der Waals surface area (Å²) in [5.74, 6) is 0.538. The van der Waals surface area contributed by atoms with E-state index < -0.39 is 0 Å². The Bertz CT molecular complexity index is 972. The second kappa shape index (κ2) is 7.08. The molecule has 3 aromatic rings. The number of nitrogens with zero attached hydrogens (tertiary/aromatic N) is 5. The average Bonchev–Trinajstić information content (AvgIpc) is 3.03. The molecule has 7 heteroatoms. The minimum atomic E-state index is -0.0116. The maximum Gasteiger partial charge on any atom is 0.270 e. The van der Waals surface area contributed by atoms with Gasteiger partial charge in [0.15, 0.2) is 10.8 Å². The lowest BCUT2D eigenvalue weighted by Crippen LogP contribution is -2.38. The molecule has 1 aliphatic heterocycles. The van der Waals surface area contributed by atoms with Crippen LogP contribution in [0.1, 0.15) is 28.7 Å². The largest absolute Gasteiger partial charge is 0.373 e. The van der Waals surface area contributed by atoms with Crippen molar-refractivity contribution < 1.29 is 4.79 Å². The van der Waals surface area contributed by atoms with Crippen molar-refractivity contribution in [1.82, 2.24) is 15.0 Å². The monoisotopic (exact) mass is 379 g/mol. The number of anilines is 2. The van der Waals surface area contributed by atoms with Gasteiger partial charge in [0, 0.05) is 32.0 Å². The Morgan fingerprint density at radius 3 is 2.59 bits per heavy atom. The smallest absolute Gasteiger partial charge is 0.270 e. The van der Waals surface area contributed by atoms with E-state index in [-0.39, 0.29) is 11.9 Å². The van der Waals surface area contributed by atoms with Crippen molar-refractivity contribution in [2.24, 2.45) is 0 Å². The average molecular weight is 379 g/mol. The third-order valence-electron chi connectivity index (χ3n) is 4.84. The molecule has 0 bridgehead atoms. The normalized spacial score (nSPS) is 16.8. The van der Waals surface area contributed by atoms with E-state index in [9.17, 15) is 4.79 Å². The quantitative estimate of drug-likeness (QED) is 0.678. The number of para-hydroxylation sites is 2. The van der Waals surface area contributed by atoms with E-state index in [1.807, 2.05) is 30.0 Å². The van der Waals surface area contributed by atoms with Crippen LogP contribution < -0.4 is 9.80 Å². The van der Waals surface area contributed by atoms with E-state index in [1.54, 1.807) is 18.5 Å². The van der Waals surface area contributed by atoms with Gasteiger partial charge in [0.1, 0.15) is 4.88 Å². The predicted molar refractivity (Wildman–Crippen MR) is 108 cm³/mol. The molecule has 6 nitrogen and oxygen atoms in total. The second-order valence-corrected chi connectivity index (χ2v) is 7.73. The highest BCUT2D eigenvalue weighted by atomic mass is 32.1. The molecule has 0 spiro atoms. The van der Waals surface area contributed by atoms with Gasteiger partial charge in [0.05, 0.1) is 17.1 Å². The fourth-order valence-corrected chi connectivity index (χ4v) is 4.33. The van der Waals surface area contributed by atoms with Crippen molar-refractivity contribution in [3.8, 4) is 10.8 Å². The standard InChI is InChI=1S/C20H21N5OS/c1-13-9-12-24(3)15-7-4-5-8-16(15)25(13)20(26)17-14(2)23-19(27-17)18-21-10-6-11-22-18/h4-8,10-11,13H,9,12H2,1-3H3/t13-/m0/s1. The van der Waals surface area contributed by atoms with Gasteiger partial charge in [-0.05, 0) is 38.5 Å². The molecule has 0 aliphatic carbocycles. The summed E-state index contributed by atoms with van der Waals surface area (Å²) in [7, 11) is 2.07. The maximum atomic E-state index is 13.5. The summed E-state index contributed by atoms with van der Waals surface area (Å²) in [5.41, 5.74) is 2.74. The molecule has 0 radical (unpaired) electrons. The topological polar surface area (TPSA) is 62.2 Å². The first-order valence-corrected chi connectivity index (χ1v) is 9.76. The van der Waals surface area contributed by atoms with Crippen molar-refractivity contribution in [3.63, 3.8) is 0 Å². The van der Waals surface area contributed by atoms with Crippen LogP contribution in [0.15, 0.2) is 42.7 Å². The fraction of sp³-hybridized carbons (Fsp3) is 0.300. The van der Waals surface area contributed by atoms with Crippen LogP contribution in [0, 0.1) is 6.92 Å². The lowest BCUT2D eigenvalue weighted by atomic mass is 10.1. The molecule has 0 fully saturated rings. The Balaban J connectivity index is 1.76. The van der Waals surface area contributed by atoms with Gasteiger partial charge in [0.25, 0.3) is 5.91 Å². The molecular weight excluding hydrogens is 358 g/mol. The van der Waals surface area contributed by atoms with Crippen LogP contribution in [0.4, 0.5) is 11.4 Å². The van der Waals surface area contributed by atoms with Gasteiger partial charge in [-0.1, -0.05) is 12.1 Å². The molecule has 2 aromatic heterocycles. The van der Waals surface area contributed by atoms with Crippen LogP contribution in [0.3, 0.4) is 0 Å². The van der Waals surface area contributed by atoms with Crippen LogP contribution in [0.25, 0.3) is 10.8 Å². The zero-order valence-electron chi connectivity index (χ0n) is 15.6. The summed E-state index contributed by atoms with van der Waals surface area (Å²) in [4.78, 5) is 31.4. The van der Waals surface area contributed by atoms with Gasteiger partial charge in [-0.15, -0.1) is 11.3 Å². The third-order valence-corrected chi connectivity index (χ3v) is 5.98. The molecular formula is C20H21N5OS. The number of hydrogen-bond donors (Lipinski definition) is 0. The van der Waals surface area contributed by atoms with Gasteiger partial charge < -0.3 is 9.80 Å². The highest BCUT2D eigenvalue weighted by Gasteiger charge is 2.31. The Hall–Kier alpha value is -2.80. The number of amides is 1. The van der Waals surface area contributed by atoms with Crippen molar-refractivity contribution in [1.29, 1.82) is 0 Å². The first kappa shape index (κ1) is 17.6. The number of carbonyl (C=O) groups is 1. The Morgan fingerprint density at radius 2 is 1.85 bits per heavy atom. The van der Waals surface area contributed by atoms with Crippen LogP contribution in [-0.4, -0.2) is 40.5 Å². The van der Waals surface area contributed by atoms with E-state index in [1.165, 1.54) is 11.3 Å². The molecule has 4 rings (SSSR count). The summed E-state index contributed by atoms with van der Waals surface area (Å²) in [6, 6.07) is 9.94. The zero-order chi connectivity index (χ0) is 19.0. The van der Waals surface area contributed by atoms with E-state index in [4.69, 9.17) is 0 Å². The first-order valence-electron chi connectivity index (χ1n) is 8.95. The number of thiazole rings is 1. The van der Waals surface area contributed by atoms with Crippen LogP contribution >= 0.6 is 11.3 Å². The molecule has 0 saturated heterocycles. The van der Waals surface area contributed by atoms with Gasteiger partial charge in [0.2, 0.25) is 0 Å². The molecule has 0 N–H and O–H groups in total. The highest BCUT2D eigenvalue weighted by Crippen LogP contribution is 2.36. The van der Waals surface area contributed by atoms with E-state index in [0.29, 0.717) is 15.7 Å². The lowest BCUT2D eigenvalue weighted by Gasteiger charge is -2.28. The van der Waals surface area contributed by atoms with Crippen LogP contribution in [-0.2, 0) is 0 Å². The molecule has 138 valence electrons. The molecule has 3 heterocycles. The van der Waals surface area contributed by atoms with Crippen LogP contribution in [0.2, 0.25) is 0 Å². The number of aryl methyl sites for hydroxylation is 1. The van der Waals surface area contributed by atoms with E-state index >= 15 is 0 Å². The predicted octanol–water partition coefficient (Wildman–Crippen LogP) is 3.78. The summed E-state index contributed by atoms with van der Waals surface area (Å²) in [6.07, 6.45) is 4.27.